The van der Waals surface area contributed by atoms with Crippen LogP contribution in [0.25, 0.3) is 0 Å². The molecule has 1 nitrogen and oxygen atoms in total. The summed E-state index contributed by atoms with van der Waals surface area (Å²) >= 11 is 7.34. The number of nitrogens with one attached hydrogen (secondary N) is 1. The minimum atomic E-state index is 0.409. The third-order valence-corrected chi connectivity index (χ3v) is 3.27. The zero-order valence-corrected chi connectivity index (χ0v) is 9.45. The van der Waals surface area contributed by atoms with Gasteiger partial charge < -0.3 is 5.32 Å². The topological polar surface area (TPSA) is 12.0 Å². The molecule has 1 atom stereocenters. The highest BCUT2D eigenvalue weighted by atomic mass is 35.5. The molecule has 1 aromatic rings. The first-order valence-corrected chi connectivity index (χ1v) is 5.58. The molecule has 0 aliphatic rings. The number of halogens is 1. The molecule has 1 aromatic heterocycles. The van der Waals surface area contributed by atoms with E-state index in [1.54, 1.807) is 16.9 Å². The van der Waals surface area contributed by atoms with E-state index in [1.807, 2.05) is 6.92 Å². The van der Waals surface area contributed by atoms with Crippen LogP contribution in [0.15, 0.2) is 28.6 Å². The lowest BCUT2D eigenvalue weighted by molar-refractivity contribution is 0.616. The summed E-state index contributed by atoms with van der Waals surface area (Å²) in [5.41, 5.74) is 2.78. The molecule has 13 heavy (non-hydrogen) atoms. The fourth-order valence-electron chi connectivity index (χ4n) is 0.991. The standard InChI is InChI=1S/C10H14ClNS/c1-8(6-11)7-12-9(2)10-4-3-5-13-10/h3-6,9,12H,7H2,1-2H3/b8-6+. The molecule has 0 aromatic carbocycles. The van der Waals surface area contributed by atoms with Crippen LogP contribution in [0.5, 0.6) is 0 Å². The molecule has 0 saturated heterocycles. The Morgan fingerprint density at radius 1 is 1.77 bits per heavy atom. The molecule has 0 bridgehead atoms. The third kappa shape index (κ3) is 3.51. The van der Waals surface area contributed by atoms with Gasteiger partial charge in [-0.15, -0.1) is 11.3 Å². The Bertz CT molecular complexity index is 266. The molecule has 0 spiro atoms. The van der Waals surface area contributed by atoms with Gasteiger partial charge in [0.25, 0.3) is 0 Å². The maximum absolute atomic E-state index is 5.56. The highest BCUT2D eigenvalue weighted by Gasteiger charge is 2.04. The van der Waals surface area contributed by atoms with Gasteiger partial charge in [-0.1, -0.05) is 17.7 Å². The molecule has 1 unspecified atom stereocenters. The van der Waals surface area contributed by atoms with Gasteiger partial charge in [0.15, 0.2) is 0 Å². The number of hydrogen-bond acceptors (Lipinski definition) is 2. The van der Waals surface area contributed by atoms with Crippen LogP contribution >= 0.6 is 22.9 Å². The number of rotatable bonds is 4. The Labute approximate surface area is 88.4 Å². The van der Waals surface area contributed by atoms with E-state index in [1.165, 1.54) is 4.88 Å². The molecule has 0 radical (unpaired) electrons. The zero-order chi connectivity index (χ0) is 9.68. The molecule has 1 heterocycles. The fraction of sp³-hybridized carbons (Fsp3) is 0.400. The molecule has 0 aliphatic heterocycles. The summed E-state index contributed by atoms with van der Waals surface area (Å²) in [5.74, 6) is 0. The van der Waals surface area contributed by atoms with Crippen LogP contribution in [-0.2, 0) is 0 Å². The summed E-state index contributed by atoms with van der Waals surface area (Å²) < 4.78 is 0. The van der Waals surface area contributed by atoms with Gasteiger partial charge in [0.1, 0.15) is 0 Å². The SMILES string of the molecule is C/C(=C\Cl)CNC(C)c1cccs1. The Morgan fingerprint density at radius 2 is 2.54 bits per heavy atom. The fourth-order valence-corrected chi connectivity index (χ4v) is 1.83. The van der Waals surface area contributed by atoms with Crippen LogP contribution in [0.2, 0.25) is 0 Å². The Morgan fingerprint density at radius 3 is 3.08 bits per heavy atom. The van der Waals surface area contributed by atoms with Crippen molar-refractivity contribution in [1.82, 2.24) is 5.32 Å². The van der Waals surface area contributed by atoms with Crippen molar-refractivity contribution in [3.8, 4) is 0 Å². The summed E-state index contributed by atoms with van der Waals surface area (Å²) in [6.45, 7) is 5.02. The third-order valence-electron chi connectivity index (χ3n) is 1.84. The lowest BCUT2D eigenvalue weighted by Gasteiger charge is -2.11. The van der Waals surface area contributed by atoms with Gasteiger partial charge >= 0.3 is 0 Å². The van der Waals surface area contributed by atoms with Crippen molar-refractivity contribution in [2.24, 2.45) is 0 Å². The molecule has 0 fully saturated rings. The van der Waals surface area contributed by atoms with E-state index < -0.39 is 0 Å². The van der Waals surface area contributed by atoms with Crippen molar-refractivity contribution in [2.75, 3.05) is 6.54 Å². The van der Waals surface area contributed by atoms with E-state index in [0.717, 1.165) is 12.1 Å². The summed E-state index contributed by atoms with van der Waals surface area (Å²) in [6, 6.07) is 4.62. The van der Waals surface area contributed by atoms with Gasteiger partial charge in [-0.2, -0.15) is 0 Å². The Kier molecular flexibility index (Phi) is 4.50. The molecular weight excluding hydrogens is 202 g/mol. The van der Waals surface area contributed by atoms with E-state index in [-0.39, 0.29) is 0 Å². The van der Waals surface area contributed by atoms with Crippen molar-refractivity contribution in [1.29, 1.82) is 0 Å². The van der Waals surface area contributed by atoms with E-state index in [4.69, 9.17) is 11.6 Å². The Balaban J connectivity index is 2.38. The van der Waals surface area contributed by atoms with Gasteiger partial charge in [0.2, 0.25) is 0 Å². The van der Waals surface area contributed by atoms with E-state index in [9.17, 15) is 0 Å². The molecule has 0 aliphatic carbocycles. The molecule has 3 heteroatoms. The zero-order valence-electron chi connectivity index (χ0n) is 7.88. The van der Waals surface area contributed by atoms with E-state index in [0.29, 0.717) is 6.04 Å². The first kappa shape index (κ1) is 10.8. The molecule has 1 N–H and O–H groups in total. The summed E-state index contributed by atoms with van der Waals surface area (Å²) in [4.78, 5) is 1.36. The lowest BCUT2D eigenvalue weighted by Crippen LogP contribution is -2.19. The average Bonchev–Trinajstić information content (AvgIpc) is 2.66. The van der Waals surface area contributed by atoms with Crippen LogP contribution in [0.1, 0.15) is 24.8 Å². The lowest BCUT2D eigenvalue weighted by atomic mass is 10.2. The minimum Gasteiger partial charge on any atom is -0.306 e. The predicted octanol–water partition coefficient (Wildman–Crippen LogP) is 3.54. The van der Waals surface area contributed by atoms with Gasteiger partial charge in [-0.05, 0) is 30.9 Å². The summed E-state index contributed by atoms with van der Waals surface area (Å²) in [6.07, 6.45) is 0. The average molecular weight is 216 g/mol. The highest BCUT2D eigenvalue weighted by molar-refractivity contribution is 7.10. The first-order valence-electron chi connectivity index (χ1n) is 4.26. The van der Waals surface area contributed by atoms with Gasteiger partial charge in [0.05, 0.1) is 0 Å². The van der Waals surface area contributed by atoms with Crippen LogP contribution in [0.4, 0.5) is 0 Å². The quantitative estimate of drug-likeness (QED) is 0.810. The number of thiophene rings is 1. The van der Waals surface area contributed by atoms with Crippen LogP contribution in [0, 0.1) is 0 Å². The minimum absolute atomic E-state index is 0.409. The first-order chi connectivity index (χ1) is 6.24. The van der Waals surface area contributed by atoms with E-state index in [2.05, 4.69) is 29.8 Å². The largest absolute Gasteiger partial charge is 0.306 e. The van der Waals surface area contributed by atoms with Crippen LogP contribution in [-0.4, -0.2) is 6.54 Å². The second kappa shape index (κ2) is 5.43. The van der Waals surface area contributed by atoms with Crippen LogP contribution < -0.4 is 5.32 Å². The summed E-state index contributed by atoms with van der Waals surface area (Å²) in [7, 11) is 0. The summed E-state index contributed by atoms with van der Waals surface area (Å²) in [5, 5.41) is 5.49. The Hall–Kier alpha value is -0.310. The smallest absolute Gasteiger partial charge is 0.0388 e. The van der Waals surface area contributed by atoms with Crippen LogP contribution in [0.3, 0.4) is 0 Å². The van der Waals surface area contributed by atoms with E-state index >= 15 is 0 Å². The highest BCUT2D eigenvalue weighted by Crippen LogP contribution is 2.17. The predicted molar refractivity (Wildman–Crippen MR) is 60.3 cm³/mol. The molecule has 0 amide bonds. The second-order valence-electron chi connectivity index (χ2n) is 3.07. The van der Waals surface area contributed by atoms with Crippen molar-refractivity contribution >= 4 is 22.9 Å². The molecule has 0 saturated carbocycles. The van der Waals surface area contributed by atoms with Crippen molar-refractivity contribution < 1.29 is 0 Å². The van der Waals surface area contributed by atoms with Gasteiger partial charge in [-0.3, -0.25) is 0 Å². The monoisotopic (exact) mass is 215 g/mol. The van der Waals surface area contributed by atoms with Crippen molar-refractivity contribution in [2.45, 2.75) is 19.9 Å². The maximum Gasteiger partial charge on any atom is 0.0388 e. The van der Waals surface area contributed by atoms with Gasteiger partial charge in [0, 0.05) is 23.0 Å². The molecular formula is C10H14ClNS. The number of hydrogen-bond donors (Lipinski definition) is 1. The maximum atomic E-state index is 5.56. The molecule has 1 rings (SSSR count). The normalized spacial score (nSPS) is 14.5. The second-order valence-corrected chi connectivity index (χ2v) is 4.27. The molecule has 72 valence electrons. The van der Waals surface area contributed by atoms with Gasteiger partial charge in [-0.25, -0.2) is 0 Å². The van der Waals surface area contributed by atoms with Crippen molar-refractivity contribution in [3.05, 3.63) is 33.5 Å². The van der Waals surface area contributed by atoms with Crippen molar-refractivity contribution in [3.63, 3.8) is 0 Å².